The fraction of sp³-hybridized carbons (Fsp3) is 0.0769. The van der Waals surface area contributed by atoms with Crippen LogP contribution in [0.4, 0.5) is 5.69 Å². The van der Waals surface area contributed by atoms with E-state index in [-0.39, 0.29) is 5.75 Å². The number of aromatic hydroxyl groups is 1. The van der Waals surface area contributed by atoms with Crippen molar-refractivity contribution in [3.05, 3.63) is 54.1 Å². The van der Waals surface area contributed by atoms with E-state index in [0.717, 1.165) is 5.56 Å². The highest BCUT2D eigenvalue weighted by Crippen LogP contribution is 2.24. The minimum atomic E-state index is 0.168. The van der Waals surface area contributed by atoms with Crippen molar-refractivity contribution in [3.63, 3.8) is 0 Å². The van der Waals surface area contributed by atoms with Crippen LogP contribution in [0, 0.1) is 6.92 Å². The smallest absolute Gasteiger partial charge is 0.155 e. The Morgan fingerprint density at radius 2 is 1.81 bits per heavy atom. The molecule has 3 heteroatoms. The van der Waals surface area contributed by atoms with Gasteiger partial charge in [0.05, 0.1) is 0 Å². The van der Waals surface area contributed by atoms with E-state index in [4.69, 9.17) is 4.84 Å². The van der Waals surface area contributed by atoms with E-state index in [2.05, 4.69) is 5.48 Å². The molecule has 0 aliphatic heterocycles. The lowest BCUT2D eigenvalue weighted by molar-refractivity contribution is 0.396. The Hall–Kier alpha value is -2.16. The summed E-state index contributed by atoms with van der Waals surface area (Å²) in [7, 11) is 0. The molecule has 0 atom stereocenters. The summed E-state index contributed by atoms with van der Waals surface area (Å²) < 4.78 is 0. The molecule has 0 fully saturated rings. The Kier molecular flexibility index (Phi) is 2.96. The molecule has 0 bridgehead atoms. The van der Waals surface area contributed by atoms with Gasteiger partial charge in [-0.2, -0.15) is 0 Å². The zero-order valence-corrected chi connectivity index (χ0v) is 8.97. The fourth-order valence-corrected chi connectivity index (χ4v) is 1.33. The molecule has 0 amide bonds. The predicted molar refractivity (Wildman–Crippen MR) is 63.5 cm³/mol. The lowest BCUT2D eigenvalue weighted by atomic mass is 10.2. The number of para-hydroxylation sites is 1. The van der Waals surface area contributed by atoms with Gasteiger partial charge in [-0.05, 0) is 36.8 Å². The largest absolute Gasteiger partial charge is 0.506 e. The summed E-state index contributed by atoms with van der Waals surface area (Å²) in [6, 6.07) is 14.6. The quantitative estimate of drug-likeness (QED) is 0.610. The van der Waals surface area contributed by atoms with Gasteiger partial charge in [-0.25, -0.2) is 5.48 Å². The molecule has 0 aromatic heterocycles. The van der Waals surface area contributed by atoms with Crippen molar-refractivity contribution in [2.24, 2.45) is 0 Å². The topological polar surface area (TPSA) is 41.5 Å². The van der Waals surface area contributed by atoms with Crippen LogP contribution >= 0.6 is 0 Å². The van der Waals surface area contributed by atoms with Gasteiger partial charge >= 0.3 is 0 Å². The van der Waals surface area contributed by atoms with Crippen molar-refractivity contribution in [3.8, 4) is 11.5 Å². The summed E-state index contributed by atoms with van der Waals surface area (Å²) in [5.41, 5.74) is 4.33. The van der Waals surface area contributed by atoms with Gasteiger partial charge < -0.3 is 9.94 Å². The highest BCUT2D eigenvalue weighted by atomic mass is 16.6. The Bertz CT molecular complexity index is 469. The van der Waals surface area contributed by atoms with Crippen molar-refractivity contribution in [2.75, 3.05) is 5.48 Å². The molecule has 2 aromatic carbocycles. The Balaban J connectivity index is 2.08. The maximum absolute atomic E-state index is 9.57. The summed E-state index contributed by atoms with van der Waals surface area (Å²) in [5.74, 6) is 0.866. The van der Waals surface area contributed by atoms with E-state index in [1.165, 1.54) is 0 Å². The molecule has 2 rings (SSSR count). The van der Waals surface area contributed by atoms with Crippen LogP contribution in [-0.2, 0) is 0 Å². The van der Waals surface area contributed by atoms with E-state index < -0.39 is 0 Å². The Morgan fingerprint density at radius 3 is 2.56 bits per heavy atom. The number of benzene rings is 2. The first-order valence-electron chi connectivity index (χ1n) is 5.03. The molecule has 0 radical (unpaired) electrons. The van der Waals surface area contributed by atoms with E-state index in [9.17, 15) is 5.11 Å². The first-order valence-corrected chi connectivity index (χ1v) is 5.03. The molecule has 0 aliphatic carbocycles. The number of hydrogen-bond donors (Lipinski definition) is 2. The molecule has 82 valence electrons. The molecule has 0 aliphatic rings. The van der Waals surface area contributed by atoms with Gasteiger partial charge in [0.15, 0.2) is 5.75 Å². The zero-order valence-electron chi connectivity index (χ0n) is 8.97. The summed E-state index contributed by atoms with van der Waals surface area (Å²) in [6.07, 6.45) is 0. The van der Waals surface area contributed by atoms with Gasteiger partial charge in [0.25, 0.3) is 0 Å². The maximum atomic E-state index is 9.57. The number of anilines is 1. The second-order valence-electron chi connectivity index (χ2n) is 3.54. The average Bonchev–Trinajstić information content (AvgIpc) is 2.32. The van der Waals surface area contributed by atoms with Gasteiger partial charge in [0.2, 0.25) is 0 Å². The van der Waals surface area contributed by atoms with Crippen LogP contribution in [0.3, 0.4) is 0 Å². The van der Waals surface area contributed by atoms with Crippen molar-refractivity contribution in [2.45, 2.75) is 6.92 Å². The molecule has 0 saturated heterocycles. The first kappa shape index (κ1) is 10.4. The van der Waals surface area contributed by atoms with Crippen LogP contribution in [-0.4, -0.2) is 5.11 Å². The number of phenolic OH excluding ortho intramolecular Hbond substituents is 1. The first-order chi connectivity index (χ1) is 7.75. The minimum Gasteiger partial charge on any atom is -0.506 e. The molecule has 0 heterocycles. The maximum Gasteiger partial charge on any atom is 0.155 e. The van der Waals surface area contributed by atoms with Gasteiger partial charge in [-0.3, -0.25) is 0 Å². The average molecular weight is 215 g/mol. The Morgan fingerprint density at radius 1 is 1.06 bits per heavy atom. The van der Waals surface area contributed by atoms with Gasteiger partial charge in [0.1, 0.15) is 11.4 Å². The van der Waals surface area contributed by atoms with E-state index in [1.807, 2.05) is 49.4 Å². The Labute approximate surface area is 94.3 Å². The predicted octanol–water partition coefficient (Wildman–Crippen LogP) is 3.11. The SMILES string of the molecule is Cc1ccc(O)c(NOc2ccccc2)c1. The third-order valence-corrected chi connectivity index (χ3v) is 2.17. The lowest BCUT2D eigenvalue weighted by Gasteiger charge is -2.10. The van der Waals surface area contributed by atoms with Crippen molar-refractivity contribution in [1.82, 2.24) is 0 Å². The number of hydrogen-bond acceptors (Lipinski definition) is 3. The van der Waals surface area contributed by atoms with Gasteiger partial charge in [0, 0.05) is 0 Å². The third-order valence-electron chi connectivity index (χ3n) is 2.17. The standard InChI is InChI=1S/C13H13NO2/c1-10-7-8-13(15)12(9-10)14-16-11-5-3-2-4-6-11/h2-9,14-15H,1H3. The summed E-state index contributed by atoms with van der Waals surface area (Å²) in [6.45, 7) is 1.95. The lowest BCUT2D eigenvalue weighted by Crippen LogP contribution is -2.04. The monoisotopic (exact) mass is 215 g/mol. The van der Waals surface area contributed by atoms with Crippen molar-refractivity contribution < 1.29 is 9.94 Å². The van der Waals surface area contributed by atoms with Crippen molar-refractivity contribution in [1.29, 1.82) is 0 Å². The van der Waals surface area contributed by atoms with Crippen LogP contribution < -0.4 is 10.3 Å². The molecule has 0 unspecified atom stereocenters. The highest BCUT2D eigenvalue weighted by Gasteiger charge is 2.01. The van der Waals surface area contributed by atoms with Crippen LogP contribution in [0.2, 0.25) is 0 Å². The van der Waals surface area contributed by atoms with Crippen molar-refractivity contribution >= 4 is 5.69 Å². The molecule has 3 nitrogen and oxygen atoms in total. The van der Waals surface area contributed by atoms with Crippen LogP contribution in [0.25, 0.3) is 0 Å². The number of nitrogens with one attached hydrogen (secondary N) is 1. The molecular weight excluding hydrogens is 202 g/mol. The third kappa shape index (κ3) is 2.45. The fourth-order valence-electron chi connectivity index (χ4n) is 1.33. The normalized spacial score (nSPS) is 9.81. The van der Waals surface area contributed by atoms with Gasteiger partial charge in [-0.15, -0.1) is 0 Å². The molecule has 0 spiro atoms. The molecule has 2 aromatic rings. The molecule has 16 heavy (non-hydrogen) atoms. The van der Waals surface area contributed by atoms with E-state index in [1.54, 1.807) is 6.07 Å². The number of rotatable bonds is 3. The number of aryl methyl sites for hydroxylation is 1. The minimum absolute atomic E-state index is 0.168. The number of phenols is 1. The highest BCUT2D eigenvalue weighted by molar-refractivity contribution is 5.56. The molecular formula is C13H13NO2. The van der Waals surface area contributed by atoms with E-state index in [0.29, 0.717) is 11.4 Å². The zero-order chi connectivity index (χ0) is 11.4. The summed E-state index contributed by atoms with van der Waals surface area (Å²) in [5, 5.41) is 9.57. The summed E-state index contributed by atoms with van der Waals surface area (Å²) >= 11 is 0. The van der Waals surface area contributed by atoms with E-state index >= 15 is 0 Å². The summed E-state index contributed by atoms with van der Waals surface area (Å²) in [4.78, 5) is 5.32. The van der Waals surface area contributed by atoms with Crippen LogP contribution in [0.15, 0.2) is 48.5 Å². The van der Waals surface area contributed by atoms with Crippen LogP contribution in [0.5, 0.6) is 11.5 Å². The van der Waals surface area contributed by atoms with Gasteiger partial charge in [-0.1, -0.05) is 24.3 Å². The second kappa shape index (κ2) is 4.57. The molecule has 0 saturated carbocycles. The second-order valence-corrected chi connectivity index (χ2v) is 3.54. The molecule has 2 N–H and O–H groups in total. The van der Waals surface area contributed by atoms with Crippen LogP contribution in [0.1, 0.15) is 5.56 Å².